The van der Waals surface area contributed by atoms with Gasteiger partial charge in [-0.05, 0) is 18.9 Å². The summed E-state index contributed by atoms with van der Waals surface area (Å²) in [6.07, 6.45) is 1.14. The molecule has 1 saturated heterocycles. The Kier molecular flexibility index (Phi) is 5.05. The minimum Gasteiger partial charge on any atom is -0.343 e. The zero-order chi connectivity index (χ0) is 11.3. The molecule has 1 fully saturated rings. The molecule has 0 saturated carbocycles. The Labute approximate surface area is 92.4 Å². The highest BCUT2D eigenvalue weighted by atomic mass is 16.2. The summed E-state index contributed by atoms with van der Waals surface area (Å²) < 4.78 is 0. The Balaban J connectivity index is 2.30. The SMILES string of the molecule is CCN(CCN)C[C@H]1CCN(C(C)=O)C1. The van der Waals surface area contributed by atoms with E-state index in [2.05, 4.69) is 11.8 Å². The van der Waals surface area contributed by atoms with E-state index in [1.807, 2.05) is 4.90 Å². The molecule has 0 bridgehead atoms. The van der Waals surface area contributed by atoms with Crippen LogP contribution in [0.15, 0.2) is 0 Å². The fraction of sp³-hybridized carbons (Fsp3) is 0.909. The third kappa shape index (κ3) is 3.80. The maximum absolute atomic E-state index is 11.2. The molecule has 2 N–H and O–H groups in total. The van der Waals surface area contributed by atoms with Crippen LogP contribution in [0.25, 0.3) is 0 Å². The molecular weight excluding hydrogens is 190 g/mol. The first-order valence-electron chi connectivity index (χ1n) is 5.85. The number of hydrogen-bond acceptors (Lipinski definition) is 3. The van der Waals surface area contributed by atoms with Gasteiger partial charge in [0, 0.05) is 39.6 Å². The summed E-state index contributed by atoms with van der Waals surface area (Å²) in [4.78, 5) is 15.5. The van der Waals surface area contributed by atoms with E-state index in [1.54, 1.807) is 6.92 Å². The molecule has 1 rings (SSSR count). The first-order valence-corrected chi connectivity index (χ1v) is 5.85. The Bertz CT molecular complexity index is 208. The second kappa shape index (κ2) is 6.08. The molecule has 1 atom stereocenters. The van der Waals surface area contributed by atoms with Crippen LogP contribution in [-0.4, -0.2) is 55.0 Å². The van der Waals surface area contributed by atoms with Crippen LogP contribution in [0, 0.1) is 5.92 Å². The lowest BCUT2D eigenvalue weighted by Gasteiger charge is -2.23. The van der Waals surface area contributed by atoms with Crippen LogP contribution in [-0.2, 0) is 4.79 Å². The standard InChI is InChI=1S/C11H23N3O/c1-3-13(7-5-12)8-11-4-6-14(9-11)10(2)15/h11H,3-9,12H2,1-2H3/t11-/m1/s1. The van der Waals surface area contributed by atoms with Gasteiger partial charge >= 0.3 is 0 Å². The summed E-state index contributed by atoms with van der Waals surface area (Å²) in [6, 6.07) is 0. The zero-order valence-corrected chi connectivity index (χ0v) is 9.91. The van der Waals surface area contributed by atoms with E-state index in [9.17, 15) is 4.79 Å². The summed E-state index contributed by atoms with van der Waals surface area (Å²) in [5.41, 5.74) is 5.55. The lowest BCUT2D eigenvalue weighted by atomic mass is 10.1. The van der Waals surface area contributed by atoms with Gasteiger partial charge in [0.25, 0.3) is 0 Å². The molecule has 1 amide bonds. The summed E-state index contributed by atoms with van der Waals surface area (Å²) in [7, 11) is 0. The Morgan fingerprint density at radius 3 is 2.80 bits per heavy atom. The van der Waals surface area contributed by atoms with Crippen molar-refractivity contribution < 1.29 is 4.79 Å². The molecule has 0 aromatic carbocycles. The second-order valence-electron chi connectivity index (χ2n) is 4.30. The van der Waals surface area contributed by atoms with Crippen molar-refractivity contribution in [3.05, 3.63) is 0 Å². The van der Waals surface area contributed by atoms with Gasteiger partial charge in [0.05, 0.1) is 0 Å². The number of nitrogens with two attached hydrogens (primary N) is 1. The maximum Gasteiger partial charge on any atom is 0.219 e. The largest absolute Gasteiger partial charge is 0.343 e. The quantitative estimate of drug-likeness (QED) is 0.706. The predicted molar refractivity (Wildman–Crippen MR) is 61.5 cm³/mol. The van der Waals surface area contributed by atoms with Crippen molar-refractivity contribution in [2.45, 2.75) is 20.3 Å². The molecule has 1 aliphatic rings. The summed E-state index contributed by atoms with van der Waals surface area (Å²) in [5.74, 6) is 0.847. The lowest BCUT2D eigenvalue weighted by molar-refractivity contribution is -0.127. The first kappa shape index (κ1) is 12.5. The van der Waals surface area contributed by atoms with Crippen LogP contribution < -0.4 is 5.73 Å². The first-order chi connectivity index (χ1) is 7.17. The third-order valence-electron chi connectivity index (χ3n) is 3.14. The summed E-state index contributed by atoms with van der Waals surface area (Å²) in [6.45, 7) is 9.49. The lowest BCUT2D eigenvalue weighted by Crippen LogP contribution is -2.35. The van der Waals surface area contributed by atoms with Gasteiger partial charge in [-0.25, -0.2) is 0 Å². The fourth-order valence-electron chi connectivity index (χ4n) is 2.19. The van der Waals surface area contributed by atoms with Crippen molar-refractivity contribution in [2.24, 2.45) is 11.7 Å². The highest BCUT2D eigenvalue weighted by Crippen LogP contribution is 2.17. The van der Waals surface area contributed by atoms with Crippen molar-refractivity contribution in [3.63, 3.8) is 0 Å². The molecular formula is C11H23N3O. The van der Waals surface area contributed by atoms with Crippen molar-refractivity contribution >= 4 is 5.91 Å². The summed E-state index contributed by atoms with van der Waals surface area (Å²) >= 11 is 0. The summed E-state index contributed by atoms with van der Waals surface area (Å²) in [5, 5.41) is 0. The van der Waals surface area contributed by atoms with E-state index in [0.717, 1.165) is 45.7 Å². The molecule has 1 aliphatic heterocycles. The van der Waals surface area contributed by atoms with Crippen LogP contribution in [0.5, 0.6) is 0 Å². The van der Waals surface area contributed by atoms with Gasteiger partial charge in [-0.1, -0.05) is 6.92 Å². The molecule has 0 aromatic heterocycles. The smallest absolute Gasteiger partial charge is 0.219 e. The van der Waals surface area contributed by atoms with E-state index < -0.39 is 0 Å². The van der Waals surface area contributed by atoms with Crippen LogP contribution in [0.4, 0.5) is 0 Å². The van der Waals surface area contributed by atoms with Crippen LogP contribution in [0.3, 0.4) is 0 Å². The molecule has 0 aliphatic carbocycles. The molecule has 88 valence electrons. The van der Waals surface area contributed by atoms with Gasteiger partial charge in [-0.3, -0.25) is 4.79 Å². The van der Waals surface area contributed by atoms with Gasteiger partial charge in [-0.2, -0.15) is 0 Å². The number of hydrogen-bond donors (Lipinski definition) is 1. The number of likely N-dealkylation sites (N-methyl/N-ethyl adjacent to an activating group) is 1. The number of likely N-dealkylation sites (tertiary alicyclic amines) is 1. The Morgan fingerprint density at radius 2 is 2.33 bits per heavy atom. The zero-order valence-electron chi connectivity index (χ0n) is 9.91. The maximum atomic E-state index is 11.2. The highest BCUT2D eigenvalue weighted by molar-refractivity contribution is 5.73. The van der Waals surface area contributed by atoms with Crippen molar-refractivity contribution in [1.29, 1.82) is 0 Å². The van der Waals surface area contributed by atoms with Gasteiger partial charge in [0.2, 0.25) is 5.91 Å². The van der Waals surface area contributed by atoms with Crippen molar-refractivity contribution in [2.75, 3.05) is 39.3 Å². The van der Waals surface area contributed by atoms with Crippen LogP contribution in [0.2, 0.25) is 0 Å². The molecule has 0 spiro atoms. The molecule has 15 heavy (non-hydrogen) atoms. The molecule has 4 heteroatoms. The number of nitrogens with zero attached hydrogens (tertiary/aromatic N) is 2. The Hall–Kier alpha value is -0.610. The molecule has 0 radical (unpaired) electrons. The normalized spacial score (nSPS) is 21.3. The van der Waals surface area contributed by atoms with Gasteiger partial charge in [0.1, 0.15) is 0 Å². The third-order valence-corrected chi connectivity index (χ3v) is 3.14. The number of carbonyl (C=O) groups is 1. The average Bonchev–Trinajstić information content (AvgIpc) is 2.65. The van der Waals surface area contributed by atoms with Gasteiger partial charge in [-0.15, -0.1) is 0 Å². The molecule has 4 nitrogen and oxygen atoms in total. The van der Waals surface area contributed by atoms with Gasteiger partial charge < -0.3 is 15.5 Å². The van der Waals surface area contributed by atoms with E-state index in [0.29, 0.717) is 5.92 Å². The van der Waals surface area contributed by atoms with Crippen LogP contribution in [0.1, 0.15) is 20.3 Å². The van der Waals surface area contributed by atoms with Gasteiger partial charge in [0.15, 0.2) is 0 Å². The molecule has 0 aromatic rings. The average molecular weight is 213 g/mol. The highest BCUT2D eigenvalue weighted by Gasteiger charge is 2.25. The number of amides is 1. The van der Waals surface area contributed by atoms with Crippen molar-refractivity contribution in [1.82, 2.24) is 9.80 Å². The minimum absolute atomic E-state index is 0.208. The fourth-order valence-corrected chi connectivity index (χ4v) is 2.19. The minimum atomic E-state index is 0.208. The number of rotatable bonds is 5. The monoisotopic (exact) mass is 213 g/mol. The van der Waals surface area contributed by atoms with E-state index in [-0.39, 0.29) is 5.91 Å². The molecule has 1 heterocycles. The topological polar surface area (TPSA) is 49.6 Å². The van der Waals surface area contributed by atoms with E-state index >= 15 is 0 Å². The molecule has 0 unspecified atom stereocenters. The van der Waals surface area contributed by atoms with E-state index in [4.69, 9.17) is 5.73 Å². The van der Waals surface area contributed by atoms with E-state index in [1.165, 1.54) is 0 Å². The predicted octanol–water partition coefficient (Wildman–Crippen LogP) is 0.135. The number of carbonyl (C=O) groups excluding carboxylic acids is 1. The van der Waals surface area contributed by atoms with Crippen molar-refractivity contribution in [3.8, 4) is 0 Å². The second-order valence-corrected chi connectivity index (χ2v) is 4.30. The van der Waals surface area contributed by atoms with Crippen LogP contribution >= 0.6 is 0 Å². The Morgan fingerprint density at radius 1 is 1.60 bits per heavy atom.